The van der Waals surface area contributed by atoms with Crippen molar-refractivity contribution in [3.8, 4) is 0 Å². The molecule has 1 saturated carbocycles. The summed E-state index contributed by atoms with van der Waals surface area (Å²) in [6, 6.07) is 4.58. The molecule has 1 aromatic rings. The van der Waals surface area contributed by atoms with Crippen molar-refractivity contribution in [2.24, 2.45) is 11.8 Å². The minimum absolute atomic E-state index is 0. The predicted molar refractivity (Wildman–Crippen MR) is 89.5 cm³/mol. The van der Waals surface area contributed by atoms with Crippen LogP contribution in [0.15, 0.2) is 24.3 Å². The molecular formula is C18H23ClF3NO. The number of alkyl halides is 3. The topological polar surface area (TPSA) is 20.3 Å². The molecule has 24 heavy (non-hydrogen) atoms. The van der Waals surface area contributed by atoms with Crippen molar-refractivity contribution < 1.29 is 18.0 Å². The zero-order valence-corrected chi connectivity index (χ0v) is 14.3. The third-order valence-corrected chi connectivity index (χ3v) is 4.93. The second-order valence-electron chi connectivity index (χ2n) is 6.89. The van der Waals surface area contributed by atoms with Crippen LogP contribution < -0.4 is 0 Å². The first-order valence-corrected chi connectivity index (χ1v) is 8.34. The summed E-state index contributed by atoms with van der Waals surface area (Å²) in [7, 11) is 0. The lowest BCUT2D eigenvalue weighted by Gasteiger charge is -2.31. The molecule has 0 bridgehead atoms. The third-order valence-electron chi connectivity index (χ3n) is 4.93. The normalized spacial score (nSPS) is 19.8. The highest BCUT2D eigenvalue weighted by molar-refractivity contribution is 5.96. The standard InChI is InChI=1S/C18H22F3NO.ClH/c19-18(20,21)16-5-3-15(4-6-16)17(23)11-13-7-9-22(10-8-13)12-14-1-2-14;/h3-6,13-14H,1-2,7-12H2;1H. The molecule has 2 nitrogen and oxygen atoms in total. The molecular weight excluding hydrogens is 339 g/mol. The number of carbonyl (C=O) groups excluding carboxylic acids is 1. The van der Waals surface area contributed by atoms with Gasteiger partial charge in [-0.25, -0.2) is 0 Å². The summed E-state index contributed by atoms with van der Waals surface area (Å²) >= 11 is 0. The molecule has 0 unspecified atom stereocenters. The Morgan fingerprint density at radius 2 is 1.58 bits per heavy atom. The molecule has 0 amide bonds. The van der Waals surface area contributed by atoms with Gasteiger partial charge in [0.1, 0.15) is 0 Å². The second kappa shape index (κ2) is 7.87. The largest absolute Gasteiger partial charge is 0.416 e. The number of rotatable bonds is 5. The van der Waals surface area contributed by atoms with Gasteiger partial charge in [-0.3, -0.25) is 4.79 Å². The van der Waals surface area contributed by atoms with Crippen molar-refractivity contribution >= 4 is 18.2 Å². The van der Waals surface area contributed by atoms with E-state index in [9.17, 15) is 18.0 Å². The van der Waals surface area contributed by atoms with Crippen LogP contribution in [-0.2, 0) is 6.18 Å². The van der Waals surface area contributed by atoms with Crippen molar-refractivity contribution in [3.63, 3.8) is 0 Å². The van der Waals surface area contributed by atoms with Crippen LogP contribution in [0.5, 0.6) is 0 Å². The Kier molecular flexibility index (Phi) is 6.32. The van der Waals surface area contributed by atoms with Crippen LogP contribution in [0.3, 0.4) is 0 Å². The highest BCUT2D eigenvalue weighted by Gasteiger charge is 2.31. The van der Waals surface area contributed by atoms with E-state index in [1.54, 1.807) is 0 Å². The molecule has 1 heterocycles. The van der Waals surface area contributed by atoms with E-state index in [-0.39, 0.29) is 18.2 Å². The van der Waals surface area contributed by atoms with Crippen molar-refractivity contribution in [2.75, 3.05) is 19.6 Å². The molecule has 1 aliphatic heterocycles. The van der Waals surface area contributed by atoms with Crippen LogP contribution in [0, 0.1) is 11.8 Å². The van der Waals surface area contributed by atoms with Crippen LogP contribution in [0.1, 0.15) is 48.0 Å². The van der Waals surface area contributed by atoms with Crippen molar-refractivity contribution in [1.82, 2.24) is 4.90 Å². The van der Waals surface area contributed by atoms with Gasteiger partial charge in [0, 0.05) is 18.5 Å². The number of carbonyl (C=O) groups is 1. The fourth-order valence-electron chi connectivity index (χ4n) is 3.26. The fraction of sp³-hybridized carbons (Fsp3) is 0.611. The summed E-state index contributed by atoms with van der Waals surface area (Å²) in [6.07, 6.45) is 0.829. The first-order chi connectivity index (χ1) is 10.9. The molecule has 0 aromatic heterocycles. The zero-order valence-electron chi connectivity index (χ0n) is 13.5. The van der Waals surface area contributed by atoms with Crippen LogP contribution in [0.4, 0.5) is 13.2 Å². The van der Waals surface area contributed by atoms with Gasteiger partial charge < -0.3 is 4.90 Å². The van der Waals surface area contributed by atoms with Crippen LogP contribution in [-0.4, -0.2) is 30.3 Å². The maximum absolute atomic E-state index is 12.5. The van der Waals surface area contributed by atoms with Gasteiger partial charge in [0.15, 0.2) is 5.78 Å². The van der Waals surface area contributed by atoms with E-state index in [2.05, 4.69) is 4.90 Å². The molecule has 0 spiro atoms. The summed E-state index contributed by atoms with van der Waals surface area (Å²) in [5.41, 5.74) is -0.319. The summed E-state index contributed by atoms with van der Waals surface area (Å²) in [6.45, 7) is 3.28. The monoisotopic (exact) mass is 361 g/mol. The number of benzene rings is 1. The number of likely N-dealkylation sites (tertiary alicyclic amines) is 1. The Bertz CT molecular complexity index is 546. The number of halogens is 4. The van der Waals surface area contributed by atoms with E-state index in [1.807, 2.05) is 0 Å². The Morgan fingerprint density at radius 1 is 1.00 bits per heavy atom. The van der Waals surface area contributed by atoms with Gasteiger partial charge in [0.2, 0.25) is 0 Å². The Balaban J connectivity index is 0.00000208. The molecule has 0 radical (unpaired) electrons. The van der Waals surface area contributed by atoms with Crippen molar-refractivity contribution in [2.45, 2.75) is 38.3 Å². The lowest BCUT2D eigenvalue weighted by molar-refractivity contribution is -0.137. The molecule has 1 saturated heterocycles. The van der Waals surface area contributed by atoms with Gasteiger partial charge in [-0.05, 0) is 62.7 Å². The molecule has 1 aromatic carbocycles. The maximum Gasteiger partial charge on any atom is 0.416 e. The van der Waals surface area contributed by atoms with Crippen LogP contribution >= 0.6 is 12.4 Å². The Hall–Kier alpha value is -1.07. The molecule has 2 fully saturated rings. The number of piperidine rings is 1. The molecule has 1 aliphatic carbocycles. The minimum Gasteiger partial charge on any atom is -0.303 e. The van der Waals surface area contributed by atoms with E-state index in [4.69, 9.17) is 0 Å². The maximum atomic E-state index is 12.5. The highest BCUT2D eigenvalue weighted by atomic mass is 35.5. The Labute approximate surface area is 146 Å². The van der Waals surface area contributed by atoms with Gasteiger partial charge in [-0.1, -0.05) is 12.1 Å². The SMILES string of the molecule is Cl.O=C(CC1CCN(CC2CC2)CC1)c1ccc(C(F)(F)F)cc1. The summed E-state index contributed by atoms with van der Waals surface area (Å²) < 4.78 is 37.6. The Morgan fingerprint density at radius 3 is 2.08 bits per heavy atom. The smallest absolute Gasteiger partial charge is 0.303 e. The average Bonchev–Trinajstić information content (AvgIpc) is 3.32. The first-order valence-electron chi connectivity index (χ1n) is 8.34. The van der Waals surface area contributed by atoms with E-state index in [0.717, 1.165) is 44.0 Å². The molecule has 2 aliphatic rings. The van der Waals surface area contributed by atoms with Gasteiger partial charge >= 0.3 is 6.18 Å². The fourth-order valence-corrected chi connectivity index (χ4v) is 3.26. The molecule has 6 heteroatoms. The second-order valence-corrected chi connectivity index (χ2v) is 6.89. The summed E-state index contributed by atoms with van der Waals surface area (Å²) in [5.74, 6) is 1.21. The van der Waals surface area contributed by atoms with Crippen LogP contribution in [0.25, 0.3) is 0 Å². The van der Waals surface area contributed by atoms with Gasteiger partial charge in [0.25, 0.3) is 0 Å². The minimum atomic E-state index is -4.35. The van der Waals surface area contributed by atoms with Crippen LogP contribution in [0.2, 0.25) is 0 Å². The van der Waals surface area contributed by atoms with E-state index in [1.165, 1.54) is 31.5 Å². The predicted octanol–water partition coefficient (Wildman–Crippen LogP) is 4.82. The molecule has 3 rings (SSSR count). The van der Waals surface area contributed by atoms with E-state index >= 15 is 0 Å². The lowest BCUT2D eigenvalue weighted by Crippen LogP contribution is -2.35. The van der Waals surface area contributed by atoms with Gasteiger partial charge in [0.05, 0.1) is 5.56 Å². The van der Waals surface area contributed by atoms with Crippen molar-refractivity contribution in [3.05, 3.63) is 35.4 Å². The number of nitrogens with zero attached hydrogens (tertiary/aromatic N) is 1. The average molecular weight is 362 g/mol. The van der Waals surface area contributed by atoms with Gasteiger partial charge in [-0.2, -0.15) is 13.2 Å². The molecule has 134 valence electrons. The number of hydrogen-bond acceptors (Lipinski definition) is 2. The lowest BCUT2D eigenvalue weighted by atomic mass is 9.89. The van der Waals surface area contributed by atoms with E-state index < -0.39 is 11.7 Å². The van der Waals surface area contributed by atoms with E-state index in [0.29, 0.717) is 17.9 Å². The summed E-state index contributed by atoms with van der Waals surface area (Å²) in [4.78, 5) is 14.7. The zero-order chi connectivity index (χ0) is 16.4. The number of hydrogen-bond donors (Lipinski definition) is 0. The van der Waals surface area contributed by atoms with Crippen molar-refractivity contribution in [1.29, 1.82) is 0 Å². The molecule has 0 atom stereocenters. The third kappa shape index (κ3) is 5.21. The number of Topliss-reactive ketones (excluding diaryl/α,β-unsaturated/α-hetero) is 1. The van der Waals surface area contributed by atoms with Gasteiger partial charge in [-0.15, -0.1) is 12.4 Å². The first kappa shape index (κ1) is 19.3. The highest BCUT2D eigenvalue weighted by Crippen LogP contribution is 2.32. The molecule has 0 N–H and O–H groups in total. The summed E-state index contributed by atoms with van der Waals surface area (Å²) in [5, 5.41) is 0. The number of ketones is 1. The quantitative estimate of drug-likeness (QED) is 0.701.